The Morgan fingerprint density at radius 3 is 2.58 bits per heavy atom. The molecule has 19 heavy (non-hydrogen) atoms. The lowest BCUT2D eigenvalue weighted by Crippen LogP contribution is -2.44. The quantitative estimate of drug-likeness (QED) is 0.849. The number of carbonyl (C=O) groups excluding carboxylic acids is 1. The molecule has 0 aliphatic carbocycles. The summed E-state index contributed by atoms with van der Waals surface area (Å²) in [5, 5.41) is 0.498. The Hall–Kier alpha value is -0.710. The van der Waals surface area contributed by atoms with E-state index in [-0.39, 0.29) is 5.91 Å². The number of piperidine rings is 1. The van der Waals surface area contributed by atoms with Gasteiger partial charge in [0.25, 0.3) is 5.91 Å². The number of carbonyl (C=O) groups is 1. The highest BCUT2D eigenvalue weighted by Crippen LogP contribution is 2.23. The van der Waals surface area contributed by atoms with Crippen molar-refractivity contribution in [2.45, 2.75) is 23.8 Å². The van der Waals surface area contributed by atoms with Gasteiger partial charge in [0.2, 0.25) is 0 Å². The van der Waals surface area contributed by atoms with Gasteiger partial charge in [0, 0.05) is 24.0 Å². The van der Waals surface area contributed by atoms with E-state index in [2.05, 4.69) is 31.6 Å². The van der Waals surface area contributed by atoms with Gasteiger partial charge in [0.15, 0.2) is 0 Å². The highest BCUT2D eigenvalue weighted by Gasteiger charge is 2.25. The molecule has 0 aromatic heterocycles. The largest absolute Gasteiger partial charge is 0.338 e. The number of hydrogen-bond acceptors (Lipinski definition) is 3. The van der Waals surface area contributed by atoms with E-state index < -0.39 is 0 Å². The fourth-order valence-corrected chi connectivity index (χ4v) is 2.83. The fourth-order valence-electron chi connectivity index (χ4n) is 2.43. The molecule has 1 aliphatic rings. The molecule has 0 atom stereocenters. The van der Waals surface area contributed by atoms with Crippen molar-refractivity contribution in [2.24, 2.45) is 0 Å². The maximum absolute atomic E-state index is 12.4. The van der Waals surface area contributed by atoms with Crippen LogP contribution in [0.2, 0.25) is 5.02 Å². The van der Waals surface area contributed by atoms with Crippen LogP contribution in [0.15, 0.2) is 23.1 Å². The van der Waals surface area contributed by atoms with Crippen LogP contribution in [-0.4, -0.2) is 48.9 Å². The molecule has 1 saturated heterocycles. The van der Waals surface area contributed by atoms with Gasteiger partial charge in [-0.2, -0.15) is 0 Å². The molecule has 0 bridgehead atoms. The van der Waals surface area contributed by atoms with E-state index in [1.54, 1.807) is 18.2 Å². The number of likely N-dealkylation sites (tertiary alicyclic amines) is 1. The van der Waals surface area contributed by atoms with Crippen LogP contribution in [0.5, 0.6) is 0 Å². The van der Waals surface area contributed by atoms with Gasteiger partial charge in [0.05, 0.1) is 10.6 Å². The van der Waals surface area contributed by atoms with Gasteiger partial charge in [-0.05, 0) is 45.1 Å². The minimum absolute atomic E-state index is 0.0121. The molecular weight excluding hydrogens is 280 g/mol. The molecule has 1 aromatic carbocycles. The molecule has 1 heterocycles. The van der Waals surface area contributed by atoms with E-state index in [1.165, 1.54) is 0 Å². The van der Waals surface area contributed by atoms with E-state index in [0.717, 1.165) is 30.8 Å². The van der Waals surface area contributed by atoms with Crippen LogP contribution in [0.25, 0.3) is 0 Å². The minimum Gasteiger partial charge on any atom is -0.338 e. The Labute approximate surface area is 124 Å². The van der Waals surface area contributed by atoms with E-state index >= 15 is 0 Å². The highest BCUT2D eigenvalue weighted by atomic mass is 35.5. The smallest absolute Gasteiger partial charge is 0.255 e. The molecule has 1 fully saturated rings. The molecule has 0 N–H and O–H groups in total. The first-order valence-electron chi connectivity index (χ1n) is 6.43. The zero-order chi connectivity index (χ0) is 14.0. The van der Waals surface area contributed by atoms with Gasteiger partial charge in [-0.25, -0.2) is 0 Å². The Kier molecular flexibility index (Phi) is 4.76. The summed E-state index contributed by atoms with van der Waals surface area (Å²) >= 11 is 10.4. The molecule has 0 unspecified atom stereocenters. The van der Waals surface area contributed by atoms with Gasteiger partial charge >= 0.3 is 0 Å². The molecule has 0 spiro atoms. The zero-order valence-electron chi connectivity index (χ0n) is 11.3. The molecule has 1 aliphatic heterocycles. The topological polar surface area (TPSA) is 23.6 Å². The summed E-state index contributed by atoms with van der Waals surface area (Å²) in [5.74, 6) is 0.0121. The molecule has 5 heteroatoms. The van der Waals surface area contributed by atoms with Gasteiger partial charge in [-0.3, -0.25) is 4.79 Å². The van der Waals surface area contributed by atoms with Gasteiger partial charge in [-0.1, -0.05) is 11.6 Å². The normalized spacial score (nSPS) is 17.0. The SMILES string of the molecule is CN(C)C1CCN(C(=O)c2cc(S)ccc2Cl)CC1. The van der Waals surface area contributed by atoms with Crippen LogP contribution in [0, 0.1) is 0 Å². The molecule has 0 saturated carbocycles. The number of benzene rings is 1. The number of hydrogen-bond donors (Lipinski definition) is 1. The van der Waals surface area contributed by atoms with Crippen LogP contribution < -0.4 is 0 Å². The third kappa shape index (κ3) is 3.44. The average Bonchev–Trinajstić information content (AvgIpc) is 2.41. The number of thiol groups is 1. The van der Waals surface area contributed by atoms with Gasteiger partial charge in [0.1, 0.15) is 0 Å². The number of rotatable bonds is 2. The lowest BCUT2D eigenvalue weighted by Gasteiger charge is -2.35. The van der Waals surface area contributed by atoms with Crippen molar-refractivity contribution in [3.63, 3.8) is 0 Å². The number of amides is 1. The summed E-state index contributed by atoms with van der Waals surface area (Å²) in [6, 6.07) is 5.83. The van der Waals surface area contributed by atoms with Crippen LogP contribution in [0.4, 0.5) is 0 Å². The third-order valence-electron chi connectivity index (χ3n) is 3.66. The van der Waals surface area contributed by atoms with Crippen molar-refractivity contribution < 1.29 is 4.79 Å². The van der Waals surface area contributed by atoms with Crippen molar-refractivity contribution >= 4 is 30.1 Å². The summed E-state index contributed by atoms with van der Waals surface area (Å²) in [6.07, 6.45) is 2.02. The standard InChI is InChI=1S/C14H19ClN2OS/c1-16(2)10-5-7-17(8-6-10)14(18)12-9-11(19)3-4-13(12)15/h3-4,9-10,19H,5-8H2,1-2H3. The molecular formula is C14H19ClN2OS. The molecule has 3 nitrogen and oxygen atoms in total. The van der Waals surface area contributed by atoms with E-state index in [0.29, 0.717) is 16.6 Å². The van der Waals surface area contributed by atoms with Crippen molar-refractivity contribution in [3.05, 3.63) is 28.8 Å². The van der Waals surface area contributed by atoms with Gasteiger partial charge in [-0.15, -0.1) is 12.6 Å². The predicted molar refractivity (Wildman–Crippen MR) is 81.3 cm³/mol. The second-order valence-corrected chi connectivity index (χ2v) is 6.07. The highest BCUT2D eigenvalue weighted by molar-refractivity contribution is 7.80. The van der Waals surface area contributed by atoms with Crippen LogP contribution in [0.1, 0.15) is 23.2 Å². The first kappa shape index (κ1) is 14.7. The van der Waals surface area contributed by atoms with Crippen molar-refractivity contribution in [2.75, 3.05) is 27.2 Å². The maximum atomic E-state index is 12.4. The fraction of sp³-hybridized carbons (Fsp3) is 0.500. The van der Waals surface area contributed by atoms with Crippen molar-refractivity contribution in [1.29, 1.82) is 0 Å². The van der Waals surface area contributed by atoms with Crippen molar-refractivity contribution in [1.82, 2.24) is 9.80 Å². The molecule has 2 rings (SSSR count). The Morgan fingerprint density at radius 1 is 1.37 bits per heavy atom. The summed E-state index contributed by atoms with van der Waals surface area (Å²) in [7, 11) is 4.17. The minimum atomic E-state index is 0.0121. The molecule has 1 amide bonds. The first-order valence-corrected chi connectivity index (χ1v) is 7.26. The first-order chi connectivity index (χ1) is 8.99. The second-order valence-electron chi connectivity index (χ2n) is 5.15. The third-order valence-corrected chi connectivity index (χ3v) is 4.27. The number of nitrogens with zero attached hydrogens (tertiary/aromatic N) is 2. The molecule has 0 radical (unpaired) electrons. The predicted octanol–water partition coefficient (Wildman–Crippen LogP) is 2.79. The van der Waals surface area contributed by atoms with Crippen molar-refractivity contribution in [3.8, 4) is 0 Å². The molecule has 104 valence electrons. The monoisotopic (exact) mass is 298 g/mol. The van der Waals surface area contributed by atoms with E-state index in [1.807, 2.05) is 4.90 Å². The average molecular weight is 299 g/mol. The maximum Gasteiger partial charge on any atom is 0.255 e. The Morgan fingerprint density at radius 2 is 2.00 bits per heavy atom. The molecule has 1 aromatic rings. The Balaban J connectivity index is 2.07. The second kappa shape index (κ2) is 6.16. The lowest BCUT2D eigenvalue weighted by atomic mass is 10.0. The summed E-state index contributed by atoms with van der Waals surface area (Å²) in [6.45, 7) is 1.57. The lowest BCUT2D eigenvalue weighted by molar-refractivity contribution is 0.0663. The van der Waals surface area contributed by atoms with Crippen LogP contribution in [0.3, 0.4) is 0 Å². The van der Waals surface area contributed by atoms with E-state index in [9.17, 15) is 4.79 Å². The zero-order valence-corrected chi connectivity index (χ0v) is 12.9. The summed E-state index contributed by atoms with van der Waals surface area (Å²) in [5.41, 5.74) is 0.553. The number of halogens is 1. The summed E-state index contributed by atoms with van der Waals surface area (Å²) in [4.78, 5) is 17.3. The van der Waals surface area contributed by atoms with E-state index in [4.69, 9.17) is 11.6 Å². The summed E-state index contributed by atoms with van der Waals surface area (Å²) < 4.78 is 0. The van der Waals surface area contributed by atoms with Gasteiger partial charge < -0.3 is 9.80 Å². The van der Waals surface area contributed by atoms with Crippen LogP contribution in [-0.2, 0) is 0 Å². The Bertz CT molecular complexity index is 471. The van der Waals surface area contributed by atoms with Crippen LogP contribution >= 0.6 is 24.2 Å².